The molecule has 2 aromatic rings. The molecule has 1 heterocycles. The third-order valence-corrected chi connectivity index (χ3v) is 6.25. The number of amidine groups is 1. The maximum absolute atomic E-state index is 13.3. The van der Waals surface area contributed by atoms with E-state index >= 15 is 0 Å². The van der Waals surface area contributed by atoms with Gasteiger partial charge in [-0.1, -0.05) is 48.5 Å². The molecule has 1 fully saturated rings. The predicted octanol–water partition coefficient (Wildman–Crippen LogP) is 3.48. The molecule has 7 nitrogen and oxygen atoms in total. The Morgan fingerprint density at radius 2 is 2.06 bits per heavy atom. The fourth-order valence-corrected chi connectivity index (χ4v) is 4.45. The van der Waals surface area contributed by atoms with Crippen LogP contribution < -0.4 is 9.64 Å². The van der Waals surface area contributed by atoms with Crippen LogP contribution in [0.1, 0.15) is 29.3 Å². The number of anilines is 1. The second-order valence-corrected chi connectivity index (χ2v) is 8.76. The molecule has 32 heavy (non-hydrogen) atoms. The molecule has 2 N–H and O–H groups in total. The van der Waals surface area contributed by atoms with Crippen molar-refractivity contribution in [3.63, 3.8) is 0 Å². The molecular formula is C23H25ClN2O5S. The van der Waals surface area contributed by atoms with E-state index in [2.05, 4.69) is 4.99 Å². The Kier molecular flexibility index (Phi) is 8.31. The van der Waals surface area contributed by atoms with Crippen molar-refractivity contribution in [3.8, 4) is 5.75 Å². The zero-order valence-electron chi connectivity index (χ0n) is 17.8. The number of Topliss-reactive ketones (excluding diaryl/α,β-unsaturated/α-hetero) is 1. The highest BCUT2D eigenvalue weighted by Gasteiger charge is 2.44. The number of aliphatic imine (C=N–C) groups is 1. The van der Waals surface area contributed by atoms with Crippen LogP contribution in [0.15, 0.2) is 47.5 Å². The normalized spacial score (nSPS) is 18.3. The number of thioether (sulfide) groups is 1. The van der Waals surface area contributed by atoms with Gasteiger partial charge < -0.3 is 14.9 Å². The molecule has 0 saturated carbocycles. The minimum Gasteiger partial charge on any atom is -0.489 e. The van der Waals surface area contributed by atoms with Crippen molar-refractivity contribution in [1.82, 2.24) is 0 Å². The quantitative estimate of drug-likeness (QED) is 0.424. The first-order chi connectivity index (χ1) is 15.4. The molecule has 1 aliphatic heterocycles. The average molecular weight is 477 g/mol. The van der Waals surface area contributed by atoms with E-state index in [1.54, 1.807) is 0 Å². The number of amides is 1. The molecule has 2 atom stereocenters. The van der Waals surface area contributed by atoms with E-state index in [-0.39, 0.29) is 34.6 Å². The molecule has 0 radical (unpaired) electrons. The van der Waals surface area contributed by atoms with Crippen molar-refractivity contribution < 1.29 is 24.5 Å². The van der Waals surface area contributed by atoms with Gasteiger partial charge in [-0.05, 0) is 43.2 Å². The number of aliphatic hydroxyl groups excluding tert-OH is 2. The summed E-state index contributed by atoms with van der Waals surface area (Å²) in [6.07, 6.45) is -0.214. The third kappa shape index (κ3) is 5.32. The van der Waals surface area contributed by atoms with Crippen LogP contribution >= 0.6 is 23.4 Å². The Morgan fingerprint density at radius 1 is 1.31 bits per heavy atom. The number of halogens is 1. The van der Waals surface area contributed by atoms with Crippen molar-refractivity contribution in [2.45, 2.75) is 31.6 Å². The summed E-state index contributed by atoms with van der Waals surface area (Å²) in [5.74, 6) is -0.441. The maximum Gasteiger partial charge on any atom is 0.254 e. The molecular weight excluding hydrogens is 452 g/mol. The fourth-order valence-electron chi connectivity index (χ4n) is 3.10. The van der Waals surface area contributed by atoms with Gasteiger partial charge in [0.15, 0.2) is 16.2 Å². The van der Waals surface area contributed by atoms with E-state index in [1.807, 2.05) is 38.1 Å². The topological polar surface area (TPSA) is 99.4 Å². The van der Waals surface area contributed by atoms with E-state index in [0.29, 0.717) is 17.4 Å². The highest BCUT2D eigenvalue weighted by atomic mass is 35.5. The molecule has 0 spiro atoms. The first kappa shape index (κ1) is 24.3. The maximum atomic E-state index is 13.3. The van der Waals surface area contributed by atoms with Crippen LogP contribution in [0.4, 0.5) is 5.69 Å². The number of rotatable bonds is 9. The molecule has 2 aromatic carbocycles. The highest BCUT2D eigenvalue weighted by Crippen LogP contribution is 2.36. The molecule has 0 aromatic heterocycles. The average Bonchev–Trinajstić information content (AvgIpc) is 3.12. The molecule has 1 amide bonds. The monoisotopic (exact) mass is 476 g/mol. The molecule has 9 heteroatoms. The second-order valence-electron chi connectivity index (χ2n) is 7.28. The van der Waals surface area contributed by atoms with Gasteiger partial charge in [0.2, 0.25) is 0 Å². The van der Waals surface area contributed by atoms with Crippen LogP contribution in [-0.4, -0.2) is 58.2 Å². The van der Waals surface area contributed by atoms with Gasteiger partial charge in [-0.15, -0.1) is 0 Å². The largest absolute Gasteiger partial charge is 0.489 e. The first-order valence-electron chi connectivity index (χ1n) is 10.2. The second kappa shape index (κ2) is 11.0. The van der Waals surface area contributed by atoms with Gasteiger partial charge in [-0.3, -0.25) is 19.5 Å². The smallest absolute Gasteiger partial charge is 0.254 e. The van der Waals surface area contributed by atoms with Crippen molar-refractivity contribution in [2.75, 3.05) is 24.7 Å². The molecule has 0 aliphatic carbocycles. The van der Waals surface area contributed by atoms with Gasteiger partial charge in [-0.25, -0.2) is 0 Å². The number of ketones is 1. The summed E-state index contributed by atoms with van der Waals surface area (Å²) in [7, 11) is 0. The standard InChI is InChI=1S/C23H25ClN2O5S/c1-3-10-25-23-26(18-7-5-4-6-14(18)2)22(30)21(32-23)20(29)15-8-9-19(17(24)11-15)31-13-16(28)12-27/h4-9,11,16,21,27-28H,3,10,12-13H2,1-2H3/t16-,21?/m1/s1. The number of nitrogens with zero attached hydrogens (tertiary/aromatic N) is 2. The number of carbonyl (C=O) groups is 2. The van der Waals surface area contributed by atoms with Crippen LogP contribution in [0.5, 0.6) is 5.75 Å². The Bertz CT molecular complexity index is 1030. The molecule has 3 rings (SSSR count). The fraction of sp³-hybridized carbons (Fsp3) is 0.348. The Balaban J connectivity index is 1.86. The summed E-state index contributed by atoms with van der Waals surface area (Å²) in [5, 5.41) is 18.0. The van der Waals surface area contributed by atoms with Crippen LogP contribution in [0, 0.1) is 6.92 Å². The minimum absolute atomic E-state index is 0.136. The lowest BCUT2D eigenvalue weighted by Crippen LogP contribution is -2.35. The van der Waals surface area contributed by atoms with Crippen molar-refractivity contribution in [3.05, 3.63) is 58.6 Å². The van der Waals surface area contributed by atoms with Crippen LogP contribution in [0.3, 0.4) is 0 Å². The predicted molar refractivity (Wildman–Crippen MR) is 127 cm³/mol. The summed E-state index contributed by atoms with van der Waals surface area (Å²) in [4.78, 5) is 32.6. The van der Waals surface area contributed by atoms with Crippen LogP contribution in [0.25, 0.3) is 0 Å². The number of ether oxygens (including phenoxy) is 1. The van der Waals surface area contributed by atoms with Crippen molar-refractivity contribution in [2.24, 2.45) is 4.99 Å². The molecule has 1 unspecified atom stereocenters. The van der Waals surface area contributed by atoms with E-state index in [9.17, 15) is 14.7 Å². The van der Waals surface area contributed by atoms with Gasteiger partial charge in [-0.2, -0.15) is 0 Å². The van der Waals surface area contributed by atoms with E-state index in [0.717, 1.165) is 23.7 Å². The zero-order chi connectivity index (χ0) is 23.3. The number of hydrogen-bond donors (Lipinski definition) is 2. The number of hydrogen-bond acceptors (Lipinski definition) is 7. The Hall–Kier alpha value is -2.39. The van der Waals surface area contributed by atoms with Crippen LogP contribution in [0.2, 0.25) is 5.02 Å². The van der Waals surface area contributed by atoms with Gasteiger partial charge >= 0.3 is 0 Å². The van der Waals surface area contributed by atoms with E-state index in [1.165, 1.54) is 23.1 Å². The van der Waals surface area contributed by atoms with Gasteiger partial charge in [0, 0.05) is 12.1 Å². The summed E-state index contributed by atoms with van der Waals surface area (Å²) in [5.41, 5.74) is 1.89. The molecule has 1 aliphatic rings. The number of aliphatic hydroxyl groups is 2. The van der Waals surface area contributed by atoms with Gasteiger partial charge in [0.1, 0.15) is 18.5 Å². The third-order valence-electron chi connectivity index (χ3n) is 4.78. The molecule has 0 bridgehead atoms. The highest BCUT2D eigenvalue weighted by molar-refractivity contribution is 8.16. The summed E-state index contributed by atoms with van der Waals surface area (Å²) in [6, 6.07) is 12.0. The number of aryl methyl sites for hydroxylation is 1. The van der Waals surface area contributed by atoms with Crippen LogP contribution in [-0.2, 0) is 4.79 Å². The Morgan fingerprint density at radius 3 is 2.72 bits per heavy atom. The Labute approximate surface area is 196 Å². The van der Waals surface area contributed by atoms with Gasteiger partial charge in [0.05, 0.1) is 17.3 Å². The number of benzene rings is 2. The molecule has 170 valence electrons. The summed E-state index contributed by atoms with van der Waals surface area (Å²) >= 11 is 7.38. The first-order valence-corrected chi connectivity index (χ1v) is 11.5. The molecule has 1 saturated heterocycles. The lowest BCUT2D eigenvalue weighted by atomic mass is 10.1. The summed E-state index contributed by atoms with van der Waals surface area (Å²) < 4.78 is 5.37. The number of carbonyl (C=O) groups excluding carboxylic acids is 2. The lowest BCUT2D eigenvalue weighted by molar-refractivity contribution is -0.116. The van der Waals surface area contributed by atoms with E-state index in [4.69, 9.17) is 21.4 Å². The SMILES string of the molecule is CCCN=C1SC(C(=O)c2ccc(OC[C@H](O)CO)c(Cl)c2)C(=O)N1c1ccccc1C. The summed E-state index contributed by atoms with van der Waals surface area (Å²) in [6.45, 7) is 3.89. The van der Waals surface area contributed by atoms with Gasteiger partial charge in [0.25, 0.3) is 5.91 Å². The number of para-hydroxylation sites is 1. The zero-order valence-corrected chi connectivity index (χ0v) is 19.4. The van der Waals surface area contributed by atoms with Crippen molar-refractivity contribution >= 4 is 45.9 Å². The lowest BCUT2D eigenvalue weighted by Gasteiger charge is -2.18. The minimum atomic E-state index is -1.03. The van der Waals surface area contributed by atoms with Crippen molar-refractivity contribution in [1.29, 1.82) is 0 Å². The van der Waals surface area contributed by atoms with E-state index < -0.39 is 18.0 Å².